The lowest BCUT2D eigenvalue weighted by Crippen LogP contribution is -2.39. The van der Waals surface area contributed by atoms with Crippen LogP contribution in [0.1, 0.15) is 28.9 Å². The number of aromatic amines is 1. The van der Waals surface area contributed by atoms with Gasteiger partial charge in [-0.05, 0) is 54.8 Å². The molecule has 1 aromatic carbocycles. The Hall–Kier alpha value is -2.96. The standard InChI is InChI=1S/C23H22ClN3O3/c24-17-8-6-16(7-9-17)21-11-10-20(22(28)26-21)23(29)27(15-19-5-3-13-30-19)14-18-4-1-2-12-25-18/h1-2,4,6-12,19H,3,5,13-15H2,(H,26,28). The van der Waals surface area contributed by atoms with Crippen LogP contribution in [0.15, 0.2) is 65.6 Å². The first-order chi connectivity index (χ1) is 14.6. The van der Waals surface area contributed by atoms with Gasteiger partial charge in [0.1, 0.15) is 5.56 Å². The van der Waals surface area contributed by atoms with Gasteiger partial charge >= 0.3 is 0 Å². The molecule has 3 heterocycles. The number of nitrogens with one attached hydrogen (secondary N) is 1. The molecule has 0 aliphatic carbocycles. The molecule has 1 N–H and O–H groups in total. The van der Waals surface area contributed by atoms with Crippen LogP contribution >= 0.6 is 11.6 Å². The number of pyridine rings is 2. The largest absolute Gasteiger partial charge is 0.376 e. The highest BCUT2D eigenvalue weighted by Crippen LogP contribution is 2.20. The van der Waals surface area contributed by atoms with Gasteiger partial charge in [-0.1, -0.05) is 29.8 Å². The van der Waals surface area contributed by atoms with E-state index in [1.165, 1.54) is 0 Å². The first kappa shape index (κ1) is 20.3. The number of aromatic nitrogens is 2. The lowest BCUT2D eigenvalue weighted by atomic mass is 10.1. The quantitative estimate of drug-likeness (QED) is 0.652. The van der Waals surface area contributed by atoms with Crippen molar-refractivity contribution in [1.29, 1.82) is 0 Å². The van der Waals surface area contributed by atoms with E-state index < -0.39 is 5.56 Å². The number of amides is 1. The molecular formula is C23H22ClN3O3. The summed E-state index contributed by atoms with van der Waals surface area (Å²) in [5, 5.41) is 0.618. The minimum atomic E-state index is -0.425. The van der Waals surface area contributed by atoms with E-state index >= 15 is 0 Å². The number of hydrogen-bond donors (Lipinski definition) is 1. The number of hydrogen-bond acceptors (Lipinski definition) is 4. The molecule has 6 nitrogen and oxygen atoms in total. The molecule has 4 rings (SSSR count). The highest BCUT2D eigenvalue weighted by Gasteiger charge is 2.25. The van der Waals surface area contributed by atoms with Crippen LogP contribution in [0.2, 0.25) is 5.02 Å². The number of carbonyl (C=O) groups is 1. The van der Waals surface area contributed by atoms with Gasteiger partial charge in [0.15, 0.2) is 0 Å². The molecule has 2 aromatic heterocycles. The van der Waals surface area contributed by atoms with Crippen LogP contribution < -0.4 is 5.56 Å². The van der Waals surface area contributed by atoms with Crippen molar-refractivity contribution in [2.45, 2.75) is 25.5 Å². The van der Waals surface area contributed by atoms with Crippen molar-refractivity contribution >= 4 is 17.5 Å². The Balaban J connectivity index is 1.59. The lowest BCUT2D eigenvalue weighted by Gasteiger charge is -2.25. The van der Waals surface area contributed by atoms with Crippen LogP contribution in [0.25, 0.3) is 11.3 Å². The minimum absolute atomic E-state index is 0.0231. The zero-order valence-electron chi connectivity index (χ0n) is 16.4. The van der Waals surface area contributed by atoms with Gasteiger partial charge in [-0.25, -0.2) is 0 Å². The van der Waals surface area contributed by atoms with E-state index in [0.29, 0.717) is 30.4 Å². The number of nitrogens with zero attached hydrogens (tertiary/aromatic N) is 2. The smallest absolute Gasteiger partial charge is 0.261 e. The number of benzene rings is 1. The summed E-state index contributed by atoms with van der Waals surface area (Å²) in [6, 6.07) is 16.0. The van der Waals surface area contributed by atoms with Gasteiger partial charge in [0, 0.05) is 30.1 Å². The van der Waals surface area contributed by atoms with E-state index in [4.69, 9.17) is 16.3 Å². The maximum absolute atomic E-state index is 13.3. The predicted octanol–water partition coefficient (Wildman–Crippen LogP) is 3.91. The average Bonchev–Trinajstić information content (AvgIpc) is 3.27. The molecule has 1 atom stereocenters. The fourth-order valence-electron chi connectivity index (χ4n) is 3.55. The van der Waals surface area contributed by atoms with Gasteiger partial charge in [0.2, 0.25) is 0 Å². The van der Waals surface area contributed by atoms with Crippen LogP contribution in [0.3, 0.4) is 0 Å². The number of rotatable bonds is 6. The molecule has 154 valence electrons. The molecule has 1 amide bonds. The van der Waals surface area contributed by atoms with Gasteiger partial charge in [0.25, 0.3) is 11.5 Å². The van der Waals surface area contributed by atoms with Crippen LogP contribution in [-0.2, 0) is 11.3 Å². The molecule has 1 unspecified atom stereocenters. The monoisotopic (exact) mass is 423 g/mol. The van der Waals surface area contributed by atoms with Crippen LogP contribution in [-0.4, -0.2) is 40.0 Å². The van der Waals surface area contributed by atoms with Crippen molar-refractivity contribution in [2.24, 2.45) is 0 Å². The Morgan fingerprint density at radius 1 is 1.17 bits per heavy atom. The number of halogens is 1. The van der Waals surface area contributed by atoms with Crippen molar-refractivity contribution in [1.82, 2.24) is 14.9 Å². The summed E-state index contributed by atoms with van der Waals surface area (Å²) in [6.45, 7) is 1.44. The summed E-state index contributed by atoms with van der Waals surface area (Å²) >= 11 is 5.93. The Kier molecular flexibility index (Phi) is 6.26. The van der Waals surface area contributed by atoms with Gasteiger partial charge in [0.05, 0.1) is 18.3 Å². The molecule has 1 aliphatic heterocycles. The SMILES string of the molecule is O=C(c1ccc(-c2ccc(Cl)cc2)[nH]c1=O)N(Cc1ccccn1)CC1CCCO1. The highest BCUT2D eigenvalue weighted by atomic mass is 35.5. The minimum Gasteiger partial charge on any atom is -0.376 e. The van der Waals surface area contributed by atoms with Crippen LogP contribution in [0, 0.1) is 0 Å². The van der Waals surface area contributed by atoms with Crippen molar-refractivity contribution in [3.8, 4) is 11.3 Å². The molecule has 0 bridgehead atoms. The third-order valence-corrected chi connectivity index (χ3v) is 5.36. The summed E-state index contributed by atoms with van der Waals surface area (Å²) in [5.41, 5.74) is 1.88. The predicted molar refractivity (Wildman–Crippen MR) is 115 cm³/mol. The van der Waals surface area contributed by atoms with Crippen LogP contribution in [0.4, 0.5) is 0 Å². The zero-order chi connectivity index (χ0) is 20.9. The zero-order valence-corrected chi connectivity index (χ0v) is 17.1. The van der Waals surface area contributed by atoms with Gasteiger partial charge in [-0.2, -0.15) is 0 Å². The summed E-state index contributed by atoms with van der Waals surface area (Å²) in [6.07, 6.45) is 3.55. The van der Waals surface area contributed by atoms with Crippen molar-refractivity contribution < 1.29 is 9.53 Å². The first-order valence-corrected chi connectivity index (χ1v) is 10.3. The fraction of sp³-hybridized carbons (Fsp3) is 0.261. The second-order valence-corrected chi connectivity index (χ2v) is 7.70. The van der Waals surface area contributed by atoms with E-state index in [2.05, 4.69) is 9.97 Å². The lowest BCUT2D eigenvalue weighted by molar-refractivity contribution is 0.0503. The van der Waals surface area contributed by atoms with E-state index in [0.717, 1.165) is 24.1 Å². The maximum Gasteiger partial charge on any atom is 0.261 e. The molecule has 1 aliphatic rings. The van der Waals surface area contributed by atoms with E-state index in [-0.39, 0.29) is 17.6 Å². The van der Waals surface area contributed by atoms with Gasteiger partial charge in [-0.15, -0.1) is 0 Å². The molecular weight excluding hydrogens is 402 g/mol. The van der Waals surface area contributed by atoms with Gasteiger partial charge < -0.3 is 14.6 Å². The summed E-state index contributed by atoms with van der Waals surface area (Å²) in [4.78, 5) is 34.8. The second-order valence-electron chi connectivity index (χ2n) is 7.26. The molecule has 30 heavy (non-hydrogen) atoms. The second kappa shape index (κ2) is 9.24. The molecule has 0 spiro atoms. The third-order valence-electron chi connectivity index (χ3n) is 5.11. The molecule has 1 fully saturated rings. The topological polar surface area (TPSA) is 75.3 Å². The number of H-pyrrole nitrogens is 1. The third kappa shape index (κ3) is 4.78. The molecule has 7 heteroatoms. The van der Waals surface area contributed by atoms with Gasteiger partial charge in [-0.3, -0.25) is 14.6 Å². The number of carbonyl (C=O) groups excluding carboxylic acids is 1. The Bertz CT molecular complexity index is 1060. The van der Waals surface area contributed by atoms with E-state index in [1.54, 1.807) is 35.4 Å². The summed E-state index contributed by atoms with van der Waals surface area (Å²) < 4.78 is 5.71. The normalized spacial score (nSPS) is 15.8. The number of ether oxygens (including phenoxy) is 1. The van der Waals surface area contributed by atoms with Crippen molar-refractivity contribution in [2.75, 3.05) is 13.2 Å². The maximum atomic E-state index is 13.3. The Labute approximate surface area is 179 Å². The molecule has 0 radical (unpaired) electrons. The average molecular weight is 424 g/mol. The Morgan fingerprint density at radius 2 is 2.00 bits per heavy atom. The van der Waals surface area contributed by atoms with Crippen LogP contribution in [0.5, 0.6) is 0 Å². The highest BCUT2D eigenvalue weighted by molar-refractivity contribution is 6.30. The fourth-order valence-corrected chi connectivity index (χ4v) is 3.68. The van der Waals surface area contributed by atoms with E-state index in [9.17, 15) is 9.59 Å². The summed E-state index contributed by atoms with van der Waals surface area (Å²) in [5.74, 6) is -0.333. The van der Waals surface area contributed by atoms with Crippen molar-refractivity contribution in [3.63, 3.8) is 0 Å². The van der Waals surface area contributed by atoms with Crippen molar-refractivity contribution in [3.05, 3.63) is 87.4 Å². The molecule has 3 aromatic rings. The molecule has 1 saturated heterocycles. The molecule has 0 saturated carbocycles. The summed E-state index contributed by atoms with van der Waals surface area (Å²) in [7, 11) is 0. The van der Waals surface area contributed by atoms with E-state index in [1.807, 2.05) is 30.3 Å². The first-order valence-electron chi connectivity index (χ1n) is 9.90. The Morgan fingerprint density at radius 3 is 2.67 bits per heavy atom.